The van der Waals surface area contributed by atoms with Crippen molar-refractivity contribution in [2.24, 2.45) is 4.99 Å². The summed E-state index contributed by atoms with van der Waals surface area (Å²) in [4.78, 5) is 42.6. The number of non-ortho nitro benzene ring substituents is 1. The Morgan fingerprint density at radius 3 is 2.29 bits per heavy atom. The van der Waals surface area contributed by atoms with E-state index in [0.717, 1.165) is 35.6 Å². The quantitative estimate of drug-likeness (QED) is 0.0935. The summed E-state index contributed by atoms with van der Waals surface area (Å²) in [5, 5.41) is 10.9. The summed E-state index contributed by atoms with van der Waals surface area (Å²) in [5.74, 6) is -1.16. The minimum absolute atomic E-state index is 0.0187. The van der Waals surface area contributed by atoms with Crippen molar-refractivity contribution in [3.05, 3.63) is 161 Å². The number of nitro groups is 1. The van der Waals surface area contributed by atoms with Crippen LogP contribution in [-0.2, 0) is 19.6 Å². The van der Waals surface area contributed by atoms with Gasteiger partial charge in [-0.3, -0.25) is 19.5 Å². The van der Waals surface area contributed by atoms with E-state index in [9.17, 15) is 32.5 Å². The van der Waals surface area contributed by atoms with E-state index < -0.39 is 38.4 Å². The number of rotatable bonds is 9. The lowest BCUT2D eigenvalue weighted by Gasteiger charge is -2.25. The summed E-state index contributed by atoms with van der Waals surface area (Å²) in [6.07, 6.45) is 1.59. The lowest BCUT2D eigenvalue weighted by Crippen LogP contribution is -2.40. The van der Waals surface area contributed by atoms with Gasteiger partial charge in [-0.2, -0.15) is 8.42 Å². The van der Waals surface area contributed by atoms with Crippen molar-refractivity contribution in [1.82, 2.24) is 4.57 Å². The molecule has 242 valence electrons. The predicted molar refractivity (Wildman–Crippen MR) is 175 cm³/mol. The molecule has 0 saturated carbocycles. The van der Waals surface area contributed by atoms with Crippen molar-refractivity contribution in [1.29, 1.82) is 0 Å². The minimum atomic E-state index is -4.28. The fourth-order valence-electron chi connectivity index (χ4n) is 5.08. The van der Waals surface area contributed by atoms with E-state index in [4.69, 9.17) is 13.9 Å². The third kappa shape index (κ3) is 6.43. The Balaban J connectivity index is 1.41. The molecule has 0 unspecified atom stereocenters. The Morgan fingerprint density at radius 2 is 1.67 bits per heavy atom. The van der Waals surface area contributed by atoms with Crippen LogP contribution in [0.4, 0.5) is 10.1 Å². The van der Waals surface area contributed by atoms with Crippen LogP contribution in [0.15, 0.2) is 123 Å². The van der Waals surface area contributed by atoms with E-state index in [1.165, 1.54) is 41.0 Å². The summed E-state index contributed by atoms with van der Waals surface area (Å²) in [6, 6.07) is 23.7. The molecule has 0 N–H and O–H groups in total. The molecule has 1 aromatic heterocycles. The van der Waals surface area contributed by atoms with Crippen LogP contribution < -0.4 is 19.1 Å². The first-order valence-corrected chi connectivity index (χ1v) is 16.6. The van der Waals surface area contributed by atoms with Crippen molar-refractivity contribution in [3.8, 4) is 5.75 Å². The van der Waals surface area contributed by atoms with Gasteiger partial charge < -0.3 is 8.92 Å². The smallest absolute Gasteiger partial charge is 0.339 e. The van der Waals surface area contributed by atoms with E-state index in [1.807, 2.05) is 6.07 Å². The van der Waals surface area contributed by atoms with E-state index in [-0.39, 0.29) is 33.0 Å². The number of hydrogen-bond donors (Lipinski definition) is 0. The second-order valence-electron chi connectivity index (χ2n) is 10.3. The van der Waals surface area contributed by atoms with Crippen LogP contribution in [0, 0.1) is 15.9 Å². The molecule has 1 aliphatic heterocycles. The molecule has 1 atom stereocenters. The average molecular weight is 686 g/mol. The Hall–Kier alpha value is -5.73. The van der Waals surface area contributed by atoms with Gasteiger partial charge in [0.25, 0.3) is 11.2 Å². The lowest BCUT2D eigenvalue weighted by molar-refractivity contribution is -0.384. The number of fused-ring (bicyclic) bond motifs is 1. The molecule has 0 aliphatic carbocycles. The van der Waals surface area contributed by atoms with Gasteiger partial charge in [0.15, 0.2) is 4.80 Å². The molecule has 0 saturated heterocycles. The van der Waals surface area contributed by atoms with Crippen molar-refractivity contribution >= 4 is 44.9 Å². The first-order chi connectivity index (χ1) is 23.1. The van der Waals surface area contributed by atoms with Gasteiger partial charge in [-0.15, -0.1) is 0 Å². The molecule has 1 aliphatic rings. The van der Waals surface area contributed by atoms with Crippen molar-refractivity contribution < 1.29 is 31.4 Å². The second kappa shape index (κ2) is 13.2. The largest absolute Gasteiger partial charge is 0.463 e. The summed E-state index contributed by atoms with van der Waals surface area (Å²) in [6.45, 7) is 1.75. The third-order valence-corrected chi connectivity index (χ3v) is 9.52. The number of nitro benzene ring substituents is 1. The zero-order valence-electron chi connectivity index (χ0n) is 25.0. The molecule has 6 rings (SSSR count). The molecule has 5 aromatic rings. The van der Waals surface area contributed by atoms with Gasteiger partial charge in [-0.25, -0.2) is 14.2 Å². The molecular weight excluding hydrogens is 662 g/mol. The highest BCUT2D eigenvalue weighted by atomic mass is 32.2. The third-order valence-electron chi connectivity index (χ3n) is 7.28. The Bertz CT molecular complexity index is 2350. The summed E-state index contributed by atoms with van der Waals surface area (Å²) in [7, 11) is -4.28. The molecule has 0 radical (unpaired) electrons. The average Bonchev–Trinajstić information content (AvgIpc) is 3.39. The topological polar surface area (TPSA) is 147 Å². The van der Waals surface area contributed by atoms with E-state index >= 15 is 0 Å². The molecule has 2 heterocycles. The fraction of sp³-hybridized carbons (Fsp3) is 0.0882. The number of ether oxygens (including phenoxy) is 1. The van der Waals surface area contributed by atoms with E-state index in [0.29, 0.717) is 27.2 Å². The first kappa shape index (κ1) is 32.2. The highest BCUT2D eigenvalue weighted by Crippen LogP contribution is 2.35. The number of halogens is 1. The van der Waals surface area contributed by atoms with E-state index in [2.05, 4.69) is 0 Å². The number of hydrogen-bond acceptors (Lipinski definition) is 10. The molecule has 4 aromatic carbocycles. The normalized spacial score (nSPS) is 14.6. The molecule has 11 nitrogen and oxygen atoms in total. The number of esters is 1. The maximum atomic E-state index is 14.0. The minimum Gasteiger partial charge on any atom is -0.463 e. The first-order valence-electron chi connectivity index (χ1n) is 14.4. The highest BCUT2D eigenvalue weighted by Gasteiger charge is 2.35. The molecule has 0 fully saturated rings. The van der Waals surface area contributed by atoms with Gasteiger partial charge in [0.05, 0.1) is 33.4 Å². The Morgan fingerprint density at radius 1 is 1.00 bits per heavy atom. The second-order valence-corrected chi connectivity index (χ2v) is 12.9. The van der Waals surface area contributed by atoms with Crippen LogP contribution in [0.5, 0.6) is 5.75 Å². The van der Waals surface area contributed by atoms with Crippen molar-refractivity contribution in [2.75, 3.05) is 6.61 Å². The van der Waals surface area contributed by atoms with Crippen molar-refractivity contribution in [2.45, 2.75) is 17.9 Å². The highest BCUT2D eigenvalue weighted by molar-refractivity contribution is 7.87. The van der Waals surface area contributed by atoms with Crippen LogP contribution in [0.25, 0.3) is 11.8 Å². The fourth-order valence-corrected chi connectivity index (χ4v) is 7.01. The maximum absolute atomic E-state index is 14.0. The van der Waals surface area contributed by atoms with Gasteiger partial charge in [0.1, 0.15) is 16.5 Å². The number of benzene rings is 4. The standard InChI is InChI=1S/C34H24FN3O8S2/c1-2-45-33(40)29-30(22-6-4-3-5-7-22)36-34-37(31(29)23-10-12-24(35)13-11-23)32(39)28(47-34)20-21-8-16-26(17-9-21)46-48(43,44)27-18-14-25(15-19-27)38(41)42/h3-20,31H,2H2,1H3/b28-20-/t31-/m0/s1. The van der Waals surface area contributed by atoms with Gasteiger partial charge >= 0.3 is 16.1 Å². The SMILES string of the molecule is CCOC(=O)C1=C(c2ccccc2)N=c2s/c(=C\c3ccc(OS(=O)(=O)c4ccc([N+](=O)[O-])cc4)cc3)c(=O)n2[C@H]1c1ccc(F)cc1. The van der Waals surface area contributed by atoms with Gasteiger partial charge in [0, 0.05) is 17.7 Å². The Kier molecular flexibility index (Phi) is 8.84. The van der Waals surface area contributed by atoms with Crippen LogP contribution in [0.2, 0.25) is 0 Å². The number of aromatic nitrogens is 1. The van der Waals surface area contributed by atoms with Crippen molar-refractivity contribution in [3.63, 3.8) is 0 Å². The van der Waals surface area contributed by atoms with Crippen LogP contribution in [0.3, 0.4) is 0 Å². The maximum Gasteiger partial charge on any atom is 0.339 e. The molecule has 0 bridgehead atoms. The zero-order valence-corrected chi connectivity index (χ0v) is 26.6. The Labute approximate surface area is 276 Å². The predicted octanol–water partition coefficient (Wildman–Crippen LogP) is 4.75. The lowest BCUT2D eigenvalue weighted by atomic mass is 9.93. The van der Waals surface area contributed by atoms with Gasteiger partial charge in [-0.1, -0.05) is 65.9 Å². The molecule has 0 amide bonds. The summed E-state index contributed by atoms with van der Waals surface area (Å²) >= 11 is 1.09. The van der Waals surface area contributed by atoms with E-state index in [1.54, 1.807) is 49.4 Å². The number of carbonyl (C=O) groups excluding carboxylic acids is 1. The number of carbonyl (C=O) groups is 1. The van der Waals surface area contributed by atoms with Crippen LogP contribution >= 0.6 is 11.3 Å². The van der Waals surface area contributed by atoms with Gasteiger partial charge in [-0.05, 0) is 60.5 Å². The van der Waals surface area contributed by atoms with Gasteiger partial charge in [0.2, 0.25) is 0 Å². The number of thiazole rings is 1. The number of nitrogens with zero attached hydrogens (tertiary/aromatic N) is 3. The molecule has 0 spiro atoms. The summed E-state index contributed by atoms with van der Waals surface area (Å²) in [5.41, 5.74) is 1.38. The molecule has 48 heavy (non-hydrogen) atoms. The molecular formula is C34H24FN3O8S2. The zero-order chi connectivity index (χ0) is 34.0. The summed E-state index contributed by atoms with van der Waals surface area (Å²) < 4.78 is 51.7. The van der Waals surface area contributed by atoms with Crippen LogP contribution in [0.1, 0.15) is 29.7 Å². The molecule has 14 heteroatoms. The van der Waals surface area contributed by atoms with Crippen LogP contribution in [-0.4, -0.2) is 30.5 Å². The monoisotopic (exact) mass is 685 g/mol.